The molecule has 0 saturated heterocycles. The number of esters is 4. The van der Waals surface area contributed by atoms with Crippen LogP contribution in [0.2, 0.25) is 0 Å². The molecule has 0 spiro atoms. The molecule has 0 aliphatic carbocycles. The van der Waals surface area contributed by atoms with Gasteiger partial charge in [-0.05, 0) is 37.5 Å². The number of phosphoric ester groups is 2. The molecule has 103 heavy (non-hydrogen) atoms. The van der Waals surface area contributed by atoms with Crippen molar-refractivity contribution in [2.45, 2.75) is 464 Å². The Hall–Kier alpha value is -1.94. The molecule has 0 aliphatic rings. The van der Waals surface area contributed by atoms with Crippen LogP contribution in [0.4, 0.5) is 0 Å². The summed E-state index contributed by atoms with van der Waals surface area (Å²) < 4.78 is 68.8. The molecule has 0 aromatic rings. The Balaban J connectivity index is 5.21. The topological polar surface area (TPSA) is 237 Å². The molecule has 3 N–H and O–H groups in total. The summed E-state index contributed by atoms with van der Waals surface area (Å²) in [5, 5.41) is 10.7. The largest absolute Gasteiger partial charge is 0.472 e. The lowest BCUT2D eigenvalue weighted by Gasteiger charge is -2.21. The number of phosphoric acid groups is 2. The summed E-state index contributed by atoms with van der Waals surface area (Å²) in [5.41, 5.74) is 0. The molecule has 0 bridgehead atoms. The van der Waals surface area contributed by atoms with E-state index in [1.807, 2.05) is 0 Å². The third-order valence-corrected chi connectivity index (χ3v) is 22.0. The average Bonchev–Trinajstić information content (AvgIpc) is 0.933. The SMILES string of the molecule is CCCCCCCCCCCCCCCCCCCCCCCC(=O)O[C@H](COC(=O)CCCCCCCCCCCCCCCCCCCCC)COP(=O)(O)OC[C@@H](O)COP(=O)(O)OC[C@@H](COC(=O)CCCCCCCCC(C)C)OC(=O)CCCCCCCCCCCCC(C)CC. The quantitative estimate of drug-likeness (QED) is 0.0222. The molecule has 6 atom stereocenters. The van der Waals surface area contributed by atoms with Crippen LogP contribution in [0.15, 0.2) is 0 Å². The standard InChI is InChI=1S/C84H164O17P2/c1-7-10-12-14-16-18-20-22-24-26-28-29-31-33-35-37-39-44-48-56-62-68-83(88)100-79(72-94-81(86)66-60-54-47-43-38-36-34-32-30-27-25-23-21-19-17-15-13-11-8-2)74-98-102(90,91)96-70-78(85)71-97-103(92,93)99-75-80(73-95-82(87)67-61-55-51-50-52-58-64-76(4)5)101-84(89)69-63-57-49-45-41-40-42-46-53-59-65-77(6)9-3/h76-80,85H,7-75H2,1-6H3,(H,90,91)(H,92,93)/t77?,78-,79-,80-/m1/s1. The maximum absolute atomic E-state index is 13.1. The third kappa shape index (κ3) is 76.6. The Kier molecular flexibility index (Phi) is 74.1. The van der Waals surface area contributed by atoms with Gasteiger partial charge in [0.25, 0.3) is 0 Å². The molecule has 0 aliphatic heterocycles. The van der Waals surface area contributed by atoms with Gasteiger partial charge in [0.15, 0.2) is 12.2 Å². The Morgan fingerprint density at radius 3 is 0.738 bits per heavy atom. The second-order valence-electron chi connectivity index (χ2n) is 30.9. The van der Waals surface area contributed by atoms with Gasteiger partial charge in [-0.2, -0.15) is 0 Å². The van der Waals surface area contributed by atoms with Crippen molar-refractivity contribution in [1.29, 1.82) is 0 Å². The van der Waals surface area contributed by atoms with E-state index in [1.165, 1.54) is 257 Å². The fourth-order valence-corrected chi connectivity index (χ4v) is 14.6. The molecular formula is C84H164O17P2. The van der Waals surface area contributed by atoms with Crippen LogP contribution in [0.1, 0.15) is 446 Å². The first-order valence-corrected chi connectivity index (χ1v) is 46.5. The highest BCUT2D eigenvalue weighted by molar-refractivity contribution is 7.47. The average molecular weight is 1510 g/mol. The van der Waals surface area contributed by atoms with Gasteiger partial charge < -0.3 is 33.8 Å². The number of carbonyl (C=O) groups excluding carboxylic acids is 4. The van der Waals surface area contributed by atoms with E-state index in [-0.39, 0.29) is 25.7 Å². The van der Waals surface area contributed by atoms with Crippen molar-refractivity contribution in [2.24, 2.45) is 11.8 Å². The van der Waals surface area contributed by atoms with E-state index in [0.717, 1.165) is 102 Å². The lowest BCUT2D eigenvalue weighted by atomic mass is 9.99. The van der Waals surface area contributed by atoms with Crippen molar-refractivity contribution in [2.75, 3.05) is 39.6 Å². The van der Waals surface area contributed by atoms with Gasteiger partial charge in [0, 0.05) is 25.7 Å². The molecule has 0 fully saturated rings. The monoisotopic (exact) mass is 1510 g/mol. The maximum atomic E-state index is 13.1. The highest BCUT2D eigenvalue weighted by atomic mass is 31.2. The van der Waals surface area contributed by atoms with E-state index in [9.17, 15) is 43.2 Å². The summed E-state index contributed by atoms with van der Waals surface area (Å²) in [5.74, 6) is -0.627. The highest BCUT2D eigenvalue weighted by Crippen LogP contribution is 2.45. The van der Waals surface area contributed by atoms with Crippen LogP contribution in [-0.2, 0) is 65.4 Å². The normalized spacial score (nSPS) is 14.1. The second kappa shape index (κ2) is 75.5. The molecule has 612 valence electrons. The predicted octanol–water partition coefficient (Wildman–Crippen LogP) is 25.5. The van der Waals surface area contributed by atoms with Gasteiger partial charge in [0.1, 0.15) is 19.3 Å². The van der Waals surface area contributed by atoms with Crippen LogP contribution >= 0.6 is 15.6 Å². The van der Waals surface area contributed by atoms with Crippen molar-refractivity contribution in [3.63, 3.8) is 0 Å². The lowest BCUT2D eigenvalue weighted by Crippen LogP contribution is -2.30. The molecule has 0 aromatic carbocycles. The van der Waals surface area contributed by atoms with E-state index in [4.69, 9.17) is 37.0 Å². The highest BCUT2D eigenvalue weighted by Gasteiger charge is 2.30. The number of aliphatic hydroxyl groups excluding tert-OH is 1. The summed E-state index contributed by atoms with van der Waals surface area (Å²) in [6, 6.07) is 0. The summed E-state index contributed by atoms with van der Waals surface area (Å²) in [6.45, 7) is 9.59. The fourth-order valence-electron chi connectivity index (χ4n) is 13.0. The van der Waals surface area contributed by atoms with Gasteiger partial charge in [-0.3, -0.25) is 37.3 Å². The summed E-state index contributed by atoms with van der Waals surface area (Å²) in [7, 11) is -9.92. The zero-order valence-electron chi connectivity index (χ0n) is 67.6. The molecular weight excluding hydrogens is 1340 g/mol. The van der Waals surface area contributed by atoms with Gasteiger partial charge in [-0.1, -0.05) is 395 Å². The molecule has 17 nitrogen and oxygen atoms in total. The minimum absolute atomic E-state index is 0.106. The molecule has 0 amide bonds. The Labute approximate surface area is 632 Å². The molecule has 0 aromatic heterocycles. The zero-order chi connectivity index (χ0) is 75.6. The molecule has 19 heteroatoms. The number of hydrogen-bond acceptors (Lipinski definition) is 15. The number of hydrogen-bond donors (Lipinski definition) is 3. The summed E-state index contributed by atoms with van der Waals surface area (Å²) >= 11 is 0. The Morgan fingerprint density at radius 2 is 0.495 bits per heavy atom. The fraction of sp³-hybridized carbons (Fsp3) is 0.952. The van der Waals surface area contributed by atoms with Crippen LogP contribution in [0.25, 0.3) is 0 Å². The lowest BCUT2D eigenvalue weighted by molar-refractivity contribution is -0.161. The number of aliphatic hydroxyl groups is 1. The molecule has 0 saturated carbocycles. The minimum Gasteiger partial charge on any atom is -0.462 e. The number of ether oxygens (including phenoxy) is 4. The second-order valence-corrected chi connectivity index (χ2v) is 33.8. The number of carbonyl (C=O) groups is 4. The number of unbranched alkanes of at least 4 members (excludes halogenated alkanes) is 52. The van der Waals surface area contributed by atoms with E-state index >= 15 is 0 Å². The van der Waals surface area contributed by atoms with Crippen molar-refractivity contribution >= 4 is 39.5 Å². The maximum Gasteiger partial charge on any atom is 0.472 e. The van der Waals surface area contributed by atoms with Crippen molar-refractivity contribution < 1.29 is 80.2 Å². The van der Waals surface area contributed by atoms with E-state index in [2.05, 4.69) is 41.5 Å². The number of rotatable bonds is 83. The van der Waals surface area contributed by atoms with E-state index < -0.39 is 97.5 Å². The van der Waals surface area contributed by atoms with Crippen LogP contribution in [0, 0.1) is 11.8 Å². The van der Waals surface area contributed by atoms with Crippen LogP contribution in [0.3, 0.4) is 0 Å². The summed E-state index contributed by atoms with van der Waals surface area (Å²) in [4.78, 5) is 73.1. The smallest absolute Gasteiger partial charge is 0.462 e. The molecule has 3 unspecified atom stereocenters. The van der Waals surface area contributed by atoms with E-state index in [0.29, 0.717) is 31.6 Å². The van der Waals surface area contributed by atoms with E-state index in [1.54, 1.807) is 0 Å². The Morgan fingerprint density at radius 1 is 0.282 bits per heavy atom. The minimum atomic E-state index is -4.96. The van der Waals surface area contributed by atoms with Crippen molar-refractivity contribution in [3.05, 3.63) is 0 Å². The third-order valence-electron chi connectivity index (χ3n) is 20.1. The predicted molar refractivity (Wildman–Crippen MR) is 423 cm³/mol. The Bertz CT molecular complexity index is 1980. The summed E-state index contributed by atoms with van der Waals surface area (Å²) in [6.07, 6.45) is 66.9. The molecule has 0 heterocycles. The van der Waals surface area contributed by atoms with Crippen molar-refractivity contribution in [3.8, 4) is 0 Å². The van der Waals surface area contributed by atoms with Gasteiger partial charge in [-0.25, -0.2) is 9.13 Å². The van der Waals surface area contributed by atoms with Gasteiger partial charge in [0.2, 0.25) is 0 Å². The first kappa shape index (κ1) is 101. The van der Waals surface area contributed by atoms with Gasteiger partial charge in [0.05, 0.1) is 26.4 Å². The van der Waals surface area contributed by atoms with Gasteiger partial charge >= 0.3 is 39.5 Å². The molecule has 0 radical (unpaired) electrons. The molecule has 0 rings (SSSR count). The van der Waals surface area contributed by atoms with Crippen LogP contribution < -0.4 is 0 Å². The first-order chi connectivity index (χ1) is 49.9. The van der Waals surface area contributed by atoms with Gasteiger partial charge in [-0.15, -0.1) is 0 Å². The first-order valence-electron chi connectivity index (χ1n) is 43.5. The van der Waals surface area contributed by atoms with Crippen LogP contribution in [-0.4, -0.2) is 96.7 Å². The van der Waals surface area contributed by atoms with Crippen LogP contribution in [0.5, 0.6) is 0 Å². The zero-order valence-corrected chi connectivity index (χ0v) is 69.4. The van der Waals surface area contributed by atoms with Crippen molar-refractivity contribution in [1.82, 2.24) is 0 Å².